The zero-order valence-corrected chi connectivity index (χ0v) is 12.7. The summed E-state index contributed by atoms with van der Waals surface area (Å²) in [4.78, 5) is 0. The smallest absolute Gasteiger partial charge is 0.0340 e. The third-order valence-corrected chi connectivity index (χ3v) is 3.63. The van der Waals surface area contributed by atoms with Gasteiger partial charge < -0.3 is 5.32 Å². The Morgan fingerprint density at radius 2 is 1.21 bits per heavy atom. The molecular weight excluding hydrogens is 230 g/mol. The molecule has 0 aliphatic rings. The van der Waals surface area contributed by atoms with Gasteiger partial charge in [0.15, 0.2) is 0 Å². The Kier molecular flexibility index (Phi) is 10.2. The Morgan fingerprint density at radius 3 is 1.79 bits per heavy atom. The van der Waals surface area contributed by atoms with E-state index in [0.29, 0.717) is 0 Å². The molecule has 0 spiro atoms. The molecule has 19 heavy (non-hydrogen) atoms. The van der Waals surface area contributed by atoms with E-state index < -0.39 is 0 Å². The standard InChI is InChI=1S/C18H31N/c1-2-3-4-5-6-7-8-9-10-14-17-19-18-15-12-11-13-16-18/h11-13,15-16,19H,2-10,14,17H2,1H3. The summed E-state index contributed by atoms with van der Waals surface area (Å²) in [5.41, 5.74) is 1.25. The lowest BCUT2D eigenvalue weighted by Gasteiger charge is -2.06. The highest BCUT2D eigenvalue weighted by molar-refractivity contribution is 5.42. The van der Waals surface area contributed by atoms with E-state index in [2.05, 4.69) is 42.6 Å². The van der Waals surface area contributed by atoms with E-state index in [4.69, 9.17) is 0 Å². The molecule has 0 aliphatic carbocycles. The van der Waals surface area contributed by atoms with Gasteiger partial charge in [0.05, 0.1) is 0 Å². The van der Waals surface area contributed by atoms with Crippen molar-refractivity contribution in [3.8, 4) is 0 Å². The van der Waals surface area contributed by atoms with Crippen molar-refractivity contribution in [3.05, 3.63) is 30.3 Å². The minimum Gasteiger partial charge on any atom is -0.385 e. The maximum Gasteiger partial charge on any atom is 0.0340 e. The predicted molar refractivity (Wildman–Crippen MR) is 86.8 cm³/mol. The molecule has 0 aliphatic heterocycles. The summed E-state index contributed by atoms with van der Waals surface area (Å²) in [5, 5.41) is 3.47. The van der Waals surface area contributed by atoms with Crippen LogP contribution in [0.25, 0.3) is 0 Å². The van der Waals surface area contributed by atoms with Crippen molar-refractivity contribution in [1.29, 1.82) is 0 Å². The summed E-state index contributed by atoms with van der Waals surface area (Å²) >= 11 is 0. The van der Waals surface area contributed by atoms with E-state index >= 15 is 0 Å². The molecule has 1 aromatic carbocycles. The molecule has 0 amide bonds. The van der Waals surface area contributed by atoms with Gasteiger partial charge in [0, 0.05) is 12.2 Å². The number of hydrogen-bond acceptors (Lipinski definition) is 1. The number of rotatable bonds is 12. The zero-order chi connectivity index (χ0) is 13.6. The number of benzene rings is 1. The first-order chi connectivity index (χ1) is 9.43. The van der Waals surface area contributed by atoms with Gasteiger partial charge in [0.1, 0.15) is 0 Å². The van der Waals surface area contributed by atoms with Crippen molar-refractivity contribution >= 4 is 5.69 Å². The Morgan fingerprint density at radius 1 is 0.684 bits per heavy atom. The van der Waals surface area contributed by atoms with Crippen LogP contribution in [-0.2, 0) is 0 Å². The monoisotopic (exact) mass is 261 g/mol. The molecule has 1 nitrogen and oxygen atoms in total. The number of hydrogen-bond donors (Lipinski definition) is 1. The van der Waals surface area contributed by atoms with Crippen LogP contribution in [0.1, 0.15) is 71.1 Å². The Hall–Kier alpha value is -0.980. The van der Waals surface area contributed by atoms with E-state index in [1.54, 1.807) is 0 Å². The fraction of sp³-hybridized carbons (Fsp3) is 0.667. The predicted octanol–water partition coefficient (Wildman–Crippen LogP) is 6.02. The van der Waals surface area contributed by atoms with Crippen LogP contribution in [0.15, 0.2) is 30.3 Å². The van der Waals surface area contributed by atoms with E-state index in [-0.39, 0.29) is 0 Å². The second kappa shape index (κ2) is 12.1. The van der Waals surface area contributed by atoms with Gasteiger partial charge >= 0.3 is 0 Å². The first-order valence-electron chi connectivity index (χ1n) is 8.22. The van der Waals surface area contributed by atoms with Crippen LogP contribution in [0.4, 0.5) is 5.69 Å². The summed E-state index contributed by atoms with van der Waals surface area (Å²) in [7, 11) is 0. The van der Waals surface area contributed by atoms with Gasteiger partial charge in [-0.15, -0.1) is 0 Å². The third kappa shape index (κ3) is 9.58. The van der Waals surface area contributed by atoms with Crippen LogP contribution in [0.5, 0.6) is 0 Å². The SMILES string of the molecule is CCCCCCCCCCCCNc1ccccc1. The topological polar surface area (TPSA) is 12.0 Å². The molecule has 0 unspecified atom stereocenters. The maximum atomic E-state index is 3.47. The molecule has 1 N–H and O–H groups in total. The van der Waals surface area contributed by atoms with Gasteiger partial charge in [0.2, 0.25) is 0 Å². The molecule has 0 bridgehead atoms. The zero-order valence-electron chi connectivity index (χ0n) is 12.7. The van der Waals surface area contributed by atoms with Gasteiger partial charge in [0.25, 0.3) is 0 Å². The minimum absolute atomic E-state index is 1.11. The van der Waals surface area contributed by atoms with E-state index in [1.165, 1.54) is 69.9 Å². The minimum atomic E-state index is 1.11. The lowest BCUT2D eigenvalue weighted by atomic mass is 10.1. The maximum absolute atomic E-state index is 3.47. The van der Waals surface area contributed by atoms with E-state index in [0.717, 1.165) is 6.54 Å². The first-order valence-corrected chi connectivity index (χ1v) is 8.22. The molecule has 0 fully saturated rings. The molecule has 0 radical (unpaired) electrons. The van der Waals surface area contributed by atoms with Crippen LogP contribution in [-0.4, -0.2) is 6.54 Å². The summed E-state index contributed by atoms with van der Waals surface area (Å²) in [6.45, 7) is 3.39. The molecule has 1 heteroatoms. The van der Waals surface area contributed by atoms with Crippen molar-refractivity contribution in [1.82, 2.24) is 0 Å². The molecule has 0 saturated heterocycles. The van der Waals surface area contributed by atoms with Gasteiger partial charge in [-0.25, -0.2) is 0 Å². The Labute approximate surface area is 119 Å². The summed E-state index contributed by atoms with van der Waals surface area (Å²) < 4.78 is 0. The number of unbranched alkanes of at least 4 members (excludes halogenated alkanes) is 9. The molecule has 0 heterocycles. The third-order valence-electron chi connectivity index (χ3n) is 3.63. The van der Waals surface area contributed by atoms with Crippen molar-refractivity contribution in [2.45, 2.75) is 71.1 Å². The molecule has 0 saturated carbocycles. The highest BCUT2D eigenvalue weighted by Gasteiger charge is 1.93. The van der Waals surface area contributed by atoms with Crippen LogP contribution in [0, 0.1) is 0 Å². The normalized spacial score (nSPS) is 10.6. The van der Waals surface area contributed by atoms with Crippen molar-refractivity contribution < 1.29 is 0 Å². The average Bonchev–Trinajstić information content (AvgIpc) is 2.46. The first kappa shape index (κ1) is 16.1. The second-order valence-corrected chi connectivity index (χ2v) is 5.47. The highest BCUT2D eigenvalue weighted by Crippen LogP contribution is 2.11. The lowest BCUT2D eigenvalue weighted by molar-refractivity contribution is 0.560. The quantitative estimate of drug-likeness (QED) is 0.454. The molecule has 0 aromatic heterocycles. The fourth-order valence-electron chi connectivity index (χ4n) is 2.40. The Bertz CT molecular complexity index is 281. The second-order valence-electron chi connectivity index (χ2n) is 5.47. The molecule has 108 valence electrons. The number of anilines is 1. The number of para-hydroxylation sites is 1. The van der Waals surface area contributed by atoms with E-state index in [1.807, 2.05) is 0 Å². The number of nitrogens with one attached hydrogen (secondary N) is 1. The van der Waals surface area contributed by atoms with Crippen molar-refractivity contribution in [2.24, 2.45) is 0 Å². The lowest BCUT2D eigenvalue weighted by Crippen LogP contribution is -2.00. The van der Waals surface area contributed by atoms with Gasteiger partial charge in [-0.3, -0.25) is 0 Å². The Balaban J connectivity index is 1.79. The van der Waals surface area contributed by atoms with Gasteiger partial charge in [-0.2, -0.15) is 0 Å². The summed E-state index contributed by atoms with van der Waals surface area (Å²) in [6.07, 6.45) is 14.1. The largest absolute Gasteiger partial charge is 0.385 e. The van der Waals surface area contributed by atoms with Crippen LogP contribution >= 0.6 is 0 Å². The van der Waals surface area contributed by atoms with E-state index in [9.17, 15) is 0 Å². The van der Waals surface area contributed by atoms with Crippen LogP contribution in [0.2, 0.25) is 0 Å². The van der Waals surface area contributed by atoms with Crippen molar-refractivity contribution in [3.63, 3.8) is 0 Å². The van der Waals surface area contributed by atoms with Crippen LogP contribution in [0.3, 0.4) is 0 Å². The molecular formula is C18H31N. The van der Waals surface area contributed by atoms with Gasteiger partial charge in [-0.05, 0) is 18.6 Å². The molecule has 0 atom stereocenters. The summed E-state index contributed by atoms with van der Waals surface area (Å²) in [6, 6.07) is 10.5. The summed E-state index contributed by atoms with van der Waals surface area (Å²) in [5.74, 6) is 0. The van der Waals surface area contributed by atoms with Crippen molar-refractivity contribution in [2.75, 3.05) is 11.9 Å². The van der Waals surface area contributed by atoms with Gasteiger partial charge in [-0.1, -0.05) is 82.9 Å². The molecule has 1 aromatic rings. The average molecular weight is 261 g/mol. The van der Waals surface area contributed by atoms with Crippen LogP contribution < -0.4 is 5.32 Å². The fourth-order valence-corrected chi connectivity index (χ4v) is 2.40. The molecule has 1 rings (SSSR count). The highest BCUT2D eigenvalue weighted by atomic mass is 14.9.